The van der Waals surface area contributed by atoms with Gasteiger partial charge in [-0.05, 0) is 12.8 Å². The summed E-state index contributed by atoms with van der Waals surface area (Å²) in [6.45, 7) is 3.01. The molecule has 0 aromatic rings. The number of nitrogens with zero attached hydrogens (tertiary/aromatic N) is 1. The number of hydrogen-bond donors (Lipinski definition) is 1. The lowest BCUT2D eigenvalue weighted by Gasteiger charge is -2.47. The minimum atomic E-state index is -1.09. The van der Waals surface area contributed by atoms with E-state index in [4.69, 9.17) is 9.84 Å². The molecule has 2 aliphatic heterocycles. The zero-order valence-corrected chi connectivity index (χ0v) is 9.02. The Morgan fingerprint density at radius 2 is 1.81 bits per heavy atom. The third kappa shape index (κ3) is 2.24. The van der Waals surface area contributed by atoms with E-state index in [0.29, 0.717) is 18.5 Å². The van der Waals surface area contributed by atoms with E-state index >= 15 is 0 Å². The van der Waals surface area contributed by atoms with E-state index in [2.05, 4.69) is 0 Å². The van der Waals surface area contributed by atoms with Crippen molar-refractivity contribution in [2.45, 2.75) is 12.8 Å². The van der Waals surface area contributed by atoms with Crippen LogP contribution in [-0.2, 0) is 14.3 Å². The van der Waals surface area contributed by atoms with Crippen molar-refractivity contribution in [1.29, 1.82) is 0 Å². The highest BCUT2D eigenvalue weighted by Crippen LogP contribution is 2.38. The van der Waals surface area contributed by atoms with Crippen LogP contribution >= 0.6 is 0 Å². The van der Waals surface area contributed by atoms with Gasteiger partial charge in [-0.1, -0.05) is 0 Å². The fraction of sp³-hybridized carbons (Fsp3) is 0.636. The second-order valence-corrected chi connectivity index (χ2v) is 4.49. The predicted molar refractivity (Wildman–Crippen MR) is 55.8 cm³/mol. The highest BCUT2D eigenvalue weighted by atomic mass is 16.5. The van der Waals surface area contributed by atoms with Gasteiger partial charge in [0, 0.05) is 30.7 Å². The summed E-state index contributed by atoms with van der Waals surface area (Å²) in [5.41, 5.74) is 0.299. The van der Waals surface area contributed by atoms with Gasteiger partial charge in [0.05, 0.1) is 13.2 Å². The van der Waals surface area contributed by atoms with Crippen molar-refractivity contribution in [1.82, 2.24) is 4.90 Å². The van der Waals surface area contributed by atoms with Crippen molar-refractivity contribution in [2.24, 2.45) is 5.41 Å². The molecular formula is C11H15NO4. The molecule has 0 aromatic heterocycles. The Bertz CT molecular complexity index is 323. The van der Waals surface area contributed by atoms with Gasteiger partial charge in [0.1, 0.15) is 0 Å². The molecule has 0 bridgehead atoms. The lowest BCUT2D eigenvalue weighted by Crippen LogP contribution is -2.51. The average Bonchev–Trinajstić information content (AvgIpc) is 2.24. The van der Waals surface area contributed by atoms with Gasteiger partial charge in [-0.25, -0.2) is 4.79 Å². The van der Waals surface area contributed by atoms with E-state index in [1.807, 2.05) is 0 Å². The molecule has 2 fully saturated rings. The maximum absolute atomic E-state index is 11.6. The molecule has 2 heterocycles. The van der Waals surface area contributed by atoms with Crippen molar-refractivity contribution >= 4 is 11.9 Å². The first kappa shape index (κ1) is 11.1. The van der Waals surface area contributed by atoms with Gasteiger partial charge in [-0.2, -0.15) is 0 Å². The molecule has 5 heteroatoms. The summed E-state index contributed by atoms with van der Waals surface area (Å²) in [5.74, 6) is -1.30. The lowest BCUT2D eigenvalue weighted by molar-refractivity contribution is -0.150. The van der Waals surface area contributed by atoms with Crippen LogP contribution in [0.1, 0.15) is 12.8 Å². The SMILES string of the molecule is O=C(O)/C=C/C(=O)N1CCC2(CC1)COC2. The van der Waals surface area contributed by atoms with Crippen LogP contribution in [0, 0.1) is 5.41 Å². The van der Waals surface area contributed by atoms with Gasteiger partial charge in [0.15, 0.2) is 0 Å². The van der Waals surface area contributed by atoms with Crippen molar-refractivity contribution in [3.63, 3.8) is 0 Å². The monoisotopic (exact) mass is 225 g/mol. The zero-order valence-electron chi connectivity index (χ0n) is 9.02. The first-order valence-electron chi connectivity index (χ1n) is 5.39. The van der Waals surface area contributed by atoms with E-state index in [9.17, 15) is 9.59 Å². The van der Waals surface area contributed by atoms with E-state index in [1.54, 1.807) is 4.90 Å². The molecule has 5 nitrogen and oxygen atoms in total. The van der Waals surface area contributed by atoms with Crippen LogP contribution in [0.2, 0.25) is 0 Å². The molecular weight excluding hydrogens is 210 g/mol. The summed E-state index contributed by atoms with van der Waals surface area (Å²) in [4.78, 5) is 23.5. The molecule has 0 unspecified atom stereocenters. The van der Waals surface area contributed by atoms with Gasteiger partial charge in [-0.15, -0.1) is 0 Å². The summed E-state index contributed by atoms with van der Waals surface area (Å²) in [5, 5.41) is 8.42. The lowest BCUT2D eigenvalue weighted by atomic mass is 9.77. The zero-order chi connectivity index (χ0) is 11.6. The third-order valence-corrected chi connectivity index (χ3v) is 3.32. The number of amides is 1. The molecule has 2 rings (SSSR count). The molecule has 16 heavy (non-hydrogen) atoms. The molecule has 1 spiro atoms. The van der Waals surface area contributed by atoms with Gasteiger partial charge >= 0.3 is 5.97 Å². The molecule has 2 aliphatic rings. The first-order chi connectivity index (χ1) is 7.61. The number of piperidine rings is 1. The standard InChI is InChI=1S/C11H15NO4/c13-9(1-2-10(14)15)12-5-3-11(4-6-12)7-16-8-11/h1-2H,3-8H2,(H,14,15)/b2-1+. The maximum atomic E-state index is 11.6. The van der Waals surface area contributed by atoms with Crippen LogP contribution in [0.15, 0.2) is 12.2 Å². The van der Waals surface area contributed by atoms with Crippen molar-refractivity contribution in [3.8, 4) is 0 Å². The number of carbonyl (C=O) groups is 2. The van der Waals surface area contributed by atoms with E-state index in [0.717, 1.165) is 38.2 Å². The van der Waals surface area contributed by atoms with E-state index < -0.39 is 5.97 Å². The van der Waals surface area contributed by atoms with Gasteiger partial charge in [-0.3, -0.25) is 4.79 Å². The molecule has 0 radical (unpaired) electrons. The minimum absolute atomic E-state index is 0.211. The third-order valence-electron chi connectivity index (χ3n) is 3.32. The second-order valence-electron chi connectivity index (χ2n) is 4.49. The smallest absolute Gasteiger partial charge is 0.328 e. The van der Waals surface area contributed by atoms with Gasteiger partial charge in [0.2, 0.25) is 5.91 Å². The maximum Gasteiger partial charge on any atom is 0.328 e. The number of hydrogen-bond acceptors (Lipinski definition) is 3. The predicted octanol–water partition coefficient (Wildman–Crippen LogP) is 0.266. The highest BCUT2D eigenvalue weighted by Gasteiger charge is 2.41. The van der Waals surface area contributed by atoms with Crippen LogP contribution < -0.4 is 0 Å². The van der Waals surface area contributed by atoms with Crippen molar-refractivity contribution in [2.75, 3.05) is 26.3 Å². The molecule has 0 aliphatic carbocycles. The number of carbonyl (C=O) groups excluding carboxylic acids is 1. The normalized spacial score (nSPS) is 23.4. The summed E-state index contributed by atoms with van der Waals surface area (Å²) in [7, 11) is 0. The molecule has 1 amide bonds. The Kier molecular flexibility index (Phi) is 2.96. The quantitative estimate of drug-likeness (QED) is 0.685. The average molecular weight is 225 g/mol. The molecule has 0 aromatic carbocycles. The van der Waals surface area contributed by atoms with E-state index in [1.165, 1.54) is 0 Å². The summed E-state index contributed by atoms with van der Waals surface area (Å²) >= 11 is 0. The molecule has 0 saturated carbocycles. The topological polar surface area (TPSA) is 66.8 Å². The highest BCUT2D eigenvalue weighted by molar-refractivity contribution is 5.93. The van der Waals surface area contributed by atoms with Crippen LogP contribution in [0.5, 0.6) is 0 Å². The molecule has 88 valence electrons. The number of carboxylic acid groups (broad SMARTS) is 1. The largest absolute Gasteiger partial charge is 0.478 e. The first-order valence-corrected chi connectivity index (χ1v) is 5.39. The Labute approximate surface area is 93.7 Å². The number of rotatable bonds is 2. The Morgan fingerprint density at radius 3 is 2.25 bits per heavy atom. The molecule has 0 atom stereocenters. The van der Waals surface area contributed by atoms with Crippen molar-refractivity contribution < 1.29 is 19.4 Å². The minimum Gasteiger partial charge on any atom is -0.478 e. The number of carboxylic acids is 1. The van der Waals surface area contributed by atoms with Gasteiger partial charge < -0.3 is 14.7 Å². The van der Waals surface area contributed by atoms with Crippen molar-refractivity contribution in [3.05, 3.63) is 12.2 Å². The van der Waals surface area contributed by atoms with Crippen LogP contribution in [0.25, 0.3) is 0 Å². The molecule has 1 N–H and O–H groups in total. The number of likely N-dealkylation sites (tertiary alicyclic amines) is 1. The van der Waals surface area contributed by atoms with Crippen LogP contribution in [0.4, 0.5) is 0 Å². The summed E-state index contributed by atoms with van der Waals surface area (Å²) in [6.07, 6.45) is 3.93. The Morgan fingerprint density at radius 1 is 1.19 bits per heavy atom. The Balaban J connectivity index is 1.84. The van der Waals surface area contributed by atoms with Crippen LogP contribution in [0.3, 0.4) is 0 Å². The van der Waals surface area contributed by atoms with Gasteiger partial charge in [0.25, 0.3) is 0 Å². The number of ether oxygens (including phenoxy) is 1. The fourth-order valence-corrected chi connectivity index (χ4v) is 2.13. The van der Waals surface area contributed by atoms with E-state index in [-0.39, 0.29) is 5.91 Å². The second kappa shape index (κ2) is 4.25. The summed E-state index contributed by atoms with van der Waals surface area (Å²) in [6, 6.07) is 0. The summed E-state index contributed by atoms with van der Waals surface area (Å²) < 4.78 is 5.20. The Hall–Kier alpha value is -1.36. The number of aliphatic carboxylic acids is 1. The van der Waals surface area contributed by atoms with Crippen LogP contribution in [-0.4, -0.2) is 48.2 Å². The molecule has 2 saturated heterocycles. The fourth-order valence-electron chi connectivity index (χ4n) is 2.13.